The molecule has 0 bridgehead atoms. The molecule has 31 heavy (non-hydrogen) atoms. The Labute approximate surface area is 181 Å². The Hall–Kier alpha value is -3.16. The number of amides is 1. The van der Waals surface area contributed by atoms with Gasteiger partial charge in [-0.15, -0.1) is 0 Å². The largest absolute Gasteiger partial charge is 0.352 e. The van der Waals surface area contributed by atoms with Crippen LogP contribution in [-0.4, -0.2) is 36.6 Å². The highest BCUT2D eigenvalue weighted by atomic mass is 16.2. The lowest BCUT2D eigenvalue weighted by Crippen LogP contribution is -2.29. The molecule has 1 aliphatic rings. The highest BCUT2D eigenvalue weighted by Gasteiger charge is 2.21. The number of nitrogens with one attached hydrogen (secondary N) is 1. The predicted octanol–water partition coefficient (Wildman–Crippen LogP) is 2.82. The summed E-state index contributed by atoms with van der Waals surface area (Å²) in [4.78, 5) is 25.3. The molecule has 0 spiro atoms. The molecular formula is C23H30N6O2. The molecule has 8 heteroatoms. The van der Waals surface area contributed by atoms with Crippen molar-refractivity contribution in [3.05, 3.63) is 63.6 Å². The van der Waals surface area contributed by atoms with E-state index in [0.29, 0.717) is 25.1 Å². The monoisotopic (exact) mass is 422 g/mol. The van der Waals surface area contributed by atoms with Gasteiger partial charge >= 0.3 is 5.69 Å². The van der Waals surface area contributed by atoms with Gasteiger partial charge in [0, 0.05) is 26.1 Å². The van der Waals surface area contributed by atoms with E-state index < -0.39 is 0 Å². The Kier molecular flexibility index (Phi) is 6.06. The number of hydrogen-bond acceptors (Lipinski definition) is 4. The molecule has 1 N–H and O–H groups in total. The lowest BCUT2D eigenvalue weighted by molar-refractivity contribution is 0.0951. The number of aryl methyl sites for hydroxylation is 3. The third-order valence-electron chi connectivity index (χ3n) is 5.74. The zero-order valence-electron chi connectivity index (χ0n) is 18.5. The van der Waals surface area contributed by atoms with E-state index in [9.17, 15) is 9.59 Å². The molecular weight excluding hydrogens is 392 g/mol. The minimum atomic E-state index is -0.140. The van der Waals surface area contributed by atoms with Crippen LogP contribution < -0.4 is 11.0 Å². The molecule has 4 rings (SSSR count). The summed E-state index contributed by atoms with van der Waals surface area (Å²) in [6.45, 7) is 7.90. The van der Waals surface area contributed by atoms with Gasteiger partial charge in [-0.2, -0.15) is 10.2 Å². The van der Waals surface area contributed by atoms with Crippen LogP contribution in [0.1, 0.15) is 66.5 Å². The van der Waals surface area contributed by atoms with Crippen molar-refractivity contribution >= 4 is 5.91 Å². The fraction of sp³-hybridized carbons (Fsp3) is 0.478. The number of nitrogens with zero attached hydrogens (tertiary/aromatic N) is 5. The SMILES string of the molecule is Cc1ccc(-n2ncc(C(=O)NCCCn3nc4n(c3=O)CCCC4)c2C(C)C)cc1. The first-order valence-corrected chi connectivity index (χ1v) is 11.1. The van der Waals surface area contributed by atoms with Crippen LogP contribution in [0.4, 0.5) is 0 Å². The van der Waals surface area contributed by atoms with Gasteiger partial charge in [-0.1, -0.05) is 31.5 Å². The highest BCUT2D eigenvalue weighted by Crippen LogP contribution is 2.23. The van der Waals surface area contributed by atoms with Crippen LogP contribution in [0.15, 0.2) is 35.3 Å². The van der Waals surface area contributed by atoms with Crippen LogP contribution in [0.2, 0.25) is 0 Å². The minimum Gasteiger partial charge on any atom is -0.352 e. The molecule has 2 aromatic heterocycles. The van der Waals surface area contributed by atoms with Gasteiger partial charge in [-0.05, 0) is 44.2 Å². The Balaban J connectivity index is 1.40. The smallest absolute Gasteiger partial charge is 0.345 e. The van der Waals surface area contributed by atoms with Gasteiger partial charge in [-0.3, -0.25) is 9.36 Å². The van der Waals surface area contributed by atoms with Crippen molar-refractivity contribution in [1.82, 2.24) is 29.4 Å². The summed E-state index contributed by atoms with van der Waals surface area (Å²) in [5, 5.41) is 11.9. The van der Waals surface area contributed by atoms with Crippen LogP contribution in [0.25, 0.3) is 5.69 Å². The molecule has 164 valence electrons. The zero-order chi connectivity index (χ0) is 22.0. The average molecular weight is 423 g/mol. The van der Waals surface area contributed by atoms with Gasteiger partial charge < -0.3 is 5.32 Å². The number of carbonyl (C=O) groups is 1. The maximum absolute atomic E-state index is 12.9. The molecule has 3 heterocycles. The number of carbonyl (C=O) groups excluding carboxylic acids is 1. The van der Waals surface area contributed by atoms with E-state index in [4.69, 9.17) is 0 Å². The quantitative estimate of drug-likeness (QED) is 0.593. The lowest BCUT2D eigenvalue weighted by Gasteiger charge is -2.13. The molecule has 1 amide bonds. The van der Waals surface area contributed by atoms with Gasteiger partial charge in [0.25, 0.3) is 5.91 Å². The number of fused-ring (bicyclic) bond motifs is 1. The fourth-order valence-electron chi connectivity index (χ4n) is 4.10. The van der Waals surface area contributed by atoms with Crippen molar-refractivity contribution in [3.8, 4) is 5.69 Å². The number of benzene rings is 1. The van der Waals surface area contributed by atoms with Crippen LogP contribution >= 0.6 is 0 Å². The number of rotatable bonds is 7. The molecule has 0 atom stereocenters. The van der Waals surface area contributed by atoms with Crippen molar-refractivity contribution in [2.75, 3.05) is 6.54 Å². The Bertz CT molecular complexity index is 1120. The molecule has 1 aliphatic heterocycles. The molecule has 0 aliphatic carbocycles. The van der Waals surface area contributed by atoms with Crippen LogP contribution in [-0.2, 0) is 19.5 Å². The second-order valence-corrected chi connectivity index (χ2v) is 8.49. The average Bonchev–Trinajstić information content (AvgIpc) is 3.34. The van der Waals surface area contributed by atoms with E-state index >= 15 is 0 Å². The first kappa shape index (κ1) is 21.1. The summed E-state index contributed by atoms with van der Waals surface area (Å²) in [5.74, 6) is 0.879. The molecule has 0 radical (unpaired) electrons. The third-order valence-corrected chi connectivity index (χ3v) is 5.74. The molecule has 1 aromatic carbocycles. The molecule has 3 aromatic rings. The van der Waals surface area contributed by atoms with Crippen molar-refractivity contribution in [2.45, 2.75) is 65.5 Å². The maximum Gasteiger partial charge on any atom is 0.345 e. The first-order chi connectivity index (χ1) is 15.0. The van der Waals surface area contributed by atoms with Gasteiger partial charge in [-0.25, -0.2) is 14.2 Å². The summed E-state index contributed by atoms with van der Waals surface area (Å²) in [6.07, 6.45) is 5.26. The van der Waals surface area contributed by atoms with Gasteiger partial charge in [0.15, 0.2) is 0 Å². The third kappa shape index (κ3) is 4.33. The van der Waals surface area contributed by atoms with E-state index in [-0.39, 0.29) is 17.5 Å². The van der Waals surface area contributed by atoms with E-state index in [0.717, 1.165) is 43.0 Å². The topological polar surface area (TPSA) is 86.7 Å². The summed E-state index contributed by atoms with van der Waals surface area (Å²) in [7, 11) is 0. The van der Waals surface area contributed by atoms with Crippen molar-refractivity contribution < 1.29 is 4.79 Å². The molecule has 0 unspecified atom stereocenters. The Morgan fingerprint density at radius 2 is 1.97 bits per heavy atom. The van der Waals surface area contributed by atoms with Crippen LogP contribution in [0, 0.1) is 6.92 Å². The van der Waals surface area contributed by atoms with Crippen LogP contribution in [0.5, 0.6) is 0 Å². The standard InChI is InChI=1S/C23H30N6O2/c1-16(2)21-19(15-25-29(21)18-10-8-17(3)9-11-18)22(30)24-12-6-14-28-23(31)27-13-5-4-7-20(27)26-28/h8-11,15-16H,4-7,12-14H2,1-3H3,(H,24,30). The molecule has 0 fully saturated rings. The molecule has 8 nitrogen and oxygen atoms in total. The van der Waals surface area contributed by atoms with E-state index in [2.05, 4.69) is 29.4 Å². The second-order valence-electron chi connectivity index (χ2n) is 8.49. The fourth-order valence-corrected chi connectivity index (χ4v) is 4.10. The highest BCUT2D eigenvalue weighted by molar-refractivity contribution is 5.95. The lowest BCUT2D eigenvalue weighted by atomic mass is 10.0. The van der Waals surface area contributed by atoms with Gasteiger partial charge in [0.2, 0.25) is 0 Å². The number of aromatic nitrogens is 5. The van der Waals surface area contributed by atoms with E-state index in [1.807, 2.05) is 35.9 Å². The van der Waals surface area contributed by atoms with Crippen molar-refractivity contribution in [3.63, 3.8) is 0 Å². The predicted molar refractivity (Wildman–Crippen MR) is 119 cm³/mol. The zero-order valence-corrected chi connectivity index (χ0v) is 18.5. The second kappa shape index (κ2) is 8.91. The van der Waals surface area contributed by atoms with Gasteiger partial charge in [0.1, 0.15) is 5.82 Å². The van der Waals surface area contributed by atoms with Crippen molar-refractivity contribution in [2.24, 2.45) is 0 Å². The minimum absolute atomic E-state index is 0.0394. The summed E-state index contributed by atoms with van der Waals surface area (Å²) in [5.41, 5.74) is 3.56. The normalized spacial score (nSPS) is 13.4. The maximum atomic E-state index is 12.9. The van der Waals surface area contributed by atoms with Crippen molar-refractivity contribution in [1.29, 1.82) is 0 Å². The van der Waals surface area contributed by atoms with E-state index in [1.54, 1.807) is 10.8 Å². The Morgan fingerprint density at radius 1 is 1.19 bits per heavy atom. The molecule has 0 saturated carbocycles. The summed E-state index contributed by atoms with van der Waals surface area (Å²) < 4.78 is 5.15. The number of hydrogen-bond donors (Lipinski definition) is 1. The first-order valence-electron chi connectivity index (χ1n) is 11.1. The van der Waals surface area contributed by atoms with Crippen LogP contribution in [0.3, 0.4) is 0 Å². The summed E-state index contributed by atoms with van der Waals surface area (Å²) in [6, 6.07) is 8.10. The summed E-state index contributed by atoms with van der Waals surface area (Å²) >= 11 is 0. The van der Waals surface area contributed by atoms with Gasteiger partial charge in [0.05, 0.1) is 23.1 Å². The molecule has 0 saturated heterocycles. The van der Waals surface area contributed by atoms with E-state index in [1.165, 1.54) is 10.2 Å². The Morgan fingerprint density at radius 3 is 2.68 bits per heavy atom.